The van der Waals surface area contributed by atoms with E-state index in [0.29, 0.717) is 5.75 Å². The number of halogens is 1. The van der Waals surface area contributed by atoms with Gasteiger partial charge in [-0.3, -0.25) is 4.79 Å². The van der Waals surface area contributed by atoms with E-state index in [2.05, 4.69) is 0 Å². The summed E-state index contributed by atoms with van der Waals surface area (Å²) < 4.78 is 18.4. The number of carbonyl (C=O) groups is 1. The molecule has 0 aliphatic heterocycles. The number of aryl methyl sites for hydroxylation is 2. The first-order valence-electron chi connectivity index (χ1n) is 6.44. The van der Waals surface area contributed by atoms with Gasteiger partial charge in [-0.15, -0.1) is 0 Å². The van der Waals surface area contributed by atoms with Crippen molar-refractivity contribution in [2.75, 3.05) is 7.11 Å². The third kappa shape index (κ3) is 3.05. The summed E-state index contributed by atoms with van der Waals surface area (Å²) in [7, 11) is 1.47. The van der Waals surface area contributed by atoms with Crippen molar-refractivity contribution >= 4 is 5.78 Å². The van der Waals surface area contributed by atoms with Gasteiger partial charge in [0.25, 0.3) is 0 Å². The van der Waals surface area contributed by atoms with Gasteiger partial charge in [-0.25, -0.2) is 4.39 Å². The van der Waals surface area contributed by atoms with Crippen LogP contribution >= 0.6 is 0 Å². The Morgan fingerprint density at radius 1 is 1.10 bits per heavy atom. The Bertz CT molecular complexity index is 647. The van der Waals surface area contributed by atoms with Gasteiger partial charge in [0.05, 0.1) is 12.7 Å². The van der Waals surface area contributed by atoms with Gasteiger partial charge >= 0.3 is 0 Å². The Morgan fingerprint density at radius 2 is 1.85 bits per heavy atom. The van der Waals surface area contributed by atoms with Crippen LogP contribution < -0.4 is 4.74 Å². The second-order valence-electron chi connectivity index (χ2n) is 4.86. The van der Waals surface area contributed by atoms with Crippen LogP contribution in [0, 0.1) is 19.7 Å². The van der Waals surface area contributed by atoms with Crippen LogP contribution in [0.2, 0.25) is 0 Å². The van der Waals surface area contributed by atoms with Crippen molar-refractivity contribution in [3.63, 3.8) is 0 Å². The van der Waals surface area contributed by atoms with Gasteiger partial charge in [0.1, 0.15) is 11.6 Å². The number of carbonyl (C=O) groups excluding carboxylic acids is 1. The molecule has 0 bridgehead atoms. The summed E-state index contributed by atoms with van der Waals surface area (Å²) in [5.41, 5.74) is 3.53. The zero-order chi connectivity index (χ0) is 14.7. The van der Waals surface area contributed by atoms with Crippen LogP contribution in [0.5, 0.6) is 5.75 Å². The molecule has 2 rings (SSSR count). The lowest BCUT2D eigenvalue weighted by Crippen LogP contribution is -2.06. The molecular formula is C17H17FO2. The van der Waals surface area contributed by atoms with Crippen LogP contribution in [0.3, 0.4) is 0 Å². The fraction of sp³-hybridized carbons (Fsp3) is 0.235. The van der Waals surface area contributed by atoms with Crippen LogP contribution in [0.1, 0.15) is 27.0 Å². The number of Topliss-reactive ketones (excluding diaryl/α,β-unsaturated/α-hetero) is 1. The number of hydrogen-bond acceptors (Lipinski definition) is 2. The highest BCUT2D eigenvalue weighted by Gasteiger charge is 2.14. The Hall–Kier alpha value is -2.16. The average molecular weight is 272 g/mol. The van der Waals surface area contributed by atoms with E-state index in [1.54, 1.807) is 0 Å². The van der Waals surface area contributed by atoms with E-state index in [1.165, 1.54) is 30.9 Å². The third-order valence-corrected chi connectivity index (χ3v) is 3.40. The number of hydrogen-bond donors (Lipinski definition) is 0. The number of rotatable bonds is 4. The number of ketones is 1. The molecule has 0 radical (unpaired) electrons. The van der Waals surface area contributed by atoms with Crippen LogP contribution in [-0.4, -0.2) is 12.9 Å². The predicted molar refractivity (Wildman–Crippen MR) is 76.9 cm³/mol. The molecule has 2 nitrogen and oxygen atoms in total. The van der Waals surface area contributed by atoms with Gasteiger partial charge in [0.2, 0.25) is 0 Å². The maximum Gasteiger partial charge on any atom is 0.171 e. The van der Waals surface area contributed by atoms with Crippen molar-refractivity contribution in [1.82, 2.24) is 0 Å². The lowest BCUT2D eigenvalue weighted by atomic mass is 9.99. The lowest BCUT2D eigenvalue weighted by molar-refractivity contribution is 0.0989. The van der Waals surface area contributed by atoms with E-state index in [1.807, 2.05) is 32.0 Å². The molecule has 0 saturated carbocycles. The van der Waals surface area contributed by atoms with E-state index in [0.717, 1.165) is 11.1 Å². The van der Waals surface area contributed by atoms with Crippen LogP contribution in [0.4, 0.5) is 4.39 Å². The molecule has 0 amide bonds. The van der Waals surface area contributed by atoms with Crippen molar-refractivity contribution in [1.29, 1.82) is 0 Å². The largest absolute Gasteiger partial charge is 0.496 e. The molecule has 2 aromatic carbocycles. The molecule has 0 saturated heterocycles. The number of methoxy groups -OCH3 is 1. The molecule has 104 valence electrons. The summed E-state index contributed by atoms with van der Waals surface area (Å²) >= 11 is 0. The first-order valence-corrected chi connectivity index (χ1v) is 6.44. The first-order chi connectivity index (χ1) is 9.51. The molecule has 2 aromatic rings. The third-order valence-electron chi connectivity index (χ3n) is 3.40. The van der Waals surface area contributed by atoms with Crippen LogP contribution in [0.25, 0.3) is 0 Å². The molecule has 0 N–H and O–H groups in total. The van der Waals surface area contributed by atoms with E-state index >= 15 is 0 Å². The summed E-state index contributed by atoms with van der Waals surface area (Å²) in [6, 6.07) is 9.88. The molecule has 0 spiro atoms. The highest BCUT2D eigenvalue weighted by atomic mass is 19.1. The number of ether oxygens (including phenoxy) is 1. The van der Waals surface area contributed by atoms with Crippen LogP contribution in [0.15, 0.2) is 36.4 Å². The standard InChI is InChI=1S/C17H17FO2/c1-11-4-5-13(8-12(11)2)9-16(19)15-10-14(18)6-7-17(15)20-3/h4-8,10H,9H2,1-3H3. The molecule has 0 atom stereocenters. The average Bonchev–Trinajstić information content (AvgIpc) is 2.43. The van der Waals surface area contributed by atoms with Gasteiger partial charge in [-0.05, 0) is 48.7 Å². The molecule has 0 fully saturated rings. The van der Waals surface area contributed by atoms with Crippen molar-refractivity contribution in [3.05, 3.63) is 64.5 Å². The van der Waals surface area contributed by atoms with Gasteiger partial charge in [-0.2, -0.15) is 0 Å². The van der Waals surface area contributed by atoms with Gasteiger partial charge in [-0.1, -0.05) is 18.2 Å². The quantitative estimate of drug-likeness (QED) is 0.790. The van der Waals surface area contributed by atoms with Crippen LogP contribution in [-0.2, 0) is 6.42 Å². The normalized spacial score (nSPS) is 10.4. The Morgan fingerprint density at radius 3 is 2.50 bits per heavy atom. The second-order valence-corrected chi connectivity index (χ2v) is 4.86. The van der Waals surface area contributed by atoms with Gasteiger partial charge < -0.3 is 4.74 Å². The smallest absolute Gasteiger partial charge is 0.171 e. The van der Waals surface area contributed by atoms with Gasteiger partial charge in [0, 0.05) is 6.42 Å². The topological polar surface area (TPSA) is 26.3 Å². The Kier molecular flexibility index (Phi) is 4.18. The lowest BCUT2D eigenvalue weighted by Gasteiger charge is -2.09. The summed E-state index contributed by atoms with van der Waals surface area (Å²) in [5, 5.41) is 0. The number of benzene rings is 2. The minimum Gasteiger partial charge on any atom is -0.496 e. The van der Waals surface area contributed by atoms with Crippen molar-refractivity contribution < 1.29 is 13.9 Å². The van der Waals surface area contributed by atoms with Crippen molar-refractivity contribution in [2.24, 2.45) is 0 Å². The fourth-order valence-corrected chi connectivity index (χ4v) is 2.09. The van der Waals surface area contributed by atoms with Crippen molar-refractivity contribution in [3.8, 4) is 5.75 Å². The summed E-state index contributed by atoms with van der Waals surface area (Å²) in [5.74, 6) is -0.181. The minimum absolute atomic E-state index is 0.149. The maximum atomic E-state index is 13.3. The molecule has 0 aliphatic rings. The predicted octanol–water partition coefficient (Wildman–Crippen LogP) is 3.88. The van der Waals surface area contributed by atoms with Crippen molar-refractivity contribution in [2.45, 2.75) is 20.3 Å². The molecule has 0 heterocycles. The fourth-order valence-electron chi connectivity index (χ4n) is 2.09. The van der Waals surface area contributed by atoms with Gasteiger partial charge in [0.15, 0.2) is 5.78 Å². The zero-order valence-electron chi connectivity index (χ0n) is 11.9. The Balaban J connectivity index is 2.27. The van der Waals surface area contributed by atoms with E-state index < -0.39 is 5.82 Å². The van der Waals surface area contributed by atoms with E-state index in [-0.39, 0.29) is 17.8 Å². The molecule has 0 unspecified atom stereocenters. The summed E-state index contributed by atoms with van der Waals surface area (Å²) in [6.45, 7) is 4.03. The minimum atomic E-state index is -0.436. The summed E-state index contributed by atoms with van der Waals surface area (Å²) in [6.07, 6.45) is 0.237. The SMILES string of the molecule is COc1ccc(F)cc1C(=O)Cc1ccc(C)c(C)c1. The first kappa shape index (κ1) is 14.3. The molecule has 0 aromatic heterocycles. The zero-order valence-corrected chi connectivity index (χ0v) is 11.9. The molecule has 20 heavy (non-hydrogen) atoms. The molecular weight excluding hydrogens is 255 g/mol. The monoisotopic (exact) mass is 272 g/mol. The van der Waals surface area contributed by atoms with E-state index in [9.17, 15) is 9.18 Å². The molecule has 0 aliphatic carbocycles. The Labute approximate surface area is 118 Å². The highest BCUT2D eigenvalue weighted by molar-refractivity contribution is 6.00. The van der Waals surface area contributed by atoms with E-state index in [4.69, 9.17) is 4.74 Å². The summed E-state index contributed by atoms with van der Waals surface area (Å²) in [4.78, 5) is 12.3. The highest BCUT2D eigenvalue weighted by Crippen LogP contribution is 2.22. The molecule has 3 heteroatoms. The second kappa shape index (κ2) is 5.87. The maximum absolute atomic E-state index is 13.3.